The maximum Gasteiger partial charge on any atom is 0.194 e. The first-order valence-electron chi connectivity index (χ1n) is 13.0. The average molecular weight is 489 g/mol. The van der Waals surface area contributed by atoms with Crippen LogP contribution in [0.2, 0.25) is 0 Å². The smallest absolute Gasteiger partial charge is 0.194 e. The Morgan fingerprint density at radius 2 is 1.11 bits per heavy atom. The number of Topliss-reactive ketones (excluding diaryl/α,β-unsaturated/α-hetero) is 4. The summed E-state index contributed by atoms with van der Waals surface area (Å²) < 4.78 is 0. The quantitative estimate of drug-likeness (QED) is 0.603. The zero-order chi connectivity index (χ0) is 25.4. The third kappa shape index (κ3) is 4.44. The van der Waals surface area contributed by atoms with Crippen LogP contribution in [0.1, 0.15) is 52.4 Å². The first kappa shape index (κ1) is 24.6. The normalized spacial score (nSPS) is 30.1. The standard InChI is InChI=1S/C28H32N4O4/c1-3-31-13-5-7-23(33)27(31)29-17-9-11-19-21(15-17)25(35)20-12-10-18(16-22(20)26(19)36)30-28-24(34)8-6-14-32(28)4-2/h11-12,15-16,27-28H,3-10,13-14H2,1-2H3. The molecule has 188 valence electrons. The lowest BCUT2D eigenvalue weighted by Crippen LogP contribution is -2.45. The van der Waals surface area contributed by atoms with Crippen molar-refractivity contribution in [3.8, 4) is 0 Å². The van der Waals surface area contributed by atoms with Gasteiger partial charge in [-0.2, -0.15) is 0 Å². The van der Waals surface area contributed by atoms with Crippen molar-refractivity contribution in [1.82, 2.24) is 9.80 Å². The van der Waals surface area contributed by atoms with E-state index in [2.05, 4.69) is 0 Å². The molecule has 36 heavy (non-hydrogen) atoms. The predicted molar refractivity (Wildman–Crippen MR) is 137 cm³/mol. The highest BCUT2D eigenvalue weighted by molar-refractivity contribution is 6.37. The minimum Gasteiger partial charge on any atom is -0.296 e. The van der Waals surface area contributed by atoms with E-state index in [-0.39, 0.29) is 23.1 Å². The summed E-state index contributed by atoms with van der Waals surface area (Å²) in [6, 6.07) is 0. The van der Waals surface area contributed by atoms with Crippen LogP contribution < -0.4 is 0 Å². The van der Waals surface area contributed by atoms with Gasteiger partial charge in [-0.05, 0) is 38.1 Å². The van der Waals surface area contributed by atoms with Gasteiger partial charge >= 0.3 is 0 Å². The lowest BCUT2D eigenvalue weighted by molar-refractivity contribution is -0.127. The van der Waals surface area contributed by atoms with Gasteiger partial charge in [-0.25, -0.2) is 0 Å². The molecule has 1 saturated carbocycles. The number of ketones is 4. The van der Waals surface area contributed by atoms with Crippen molar-refractivity contribution in [1.29, 1.82) is 0 Å². The summed E-state index contributed by atoms with van der Waals surface area (Å²) in [7, 11) is 0. The Kier molecular flexibility index (Phi) is 6.90. The molecule has 0 bridgehead atoms. The van der Waals surface area contributed by atoms with Crippen molar-refractivity contribution in [2.75, 3.05) is 26.2 Å². The van der Waals surface area contributed by atoms with Crippen LogP contribution in [-0.2, 0) is 19.2 Å². The van der Waals surface area contributed by atoms with Crippen molar-refractivity contribution in [2.45, 2.75) is 64.7 Å². The number of fused-ring (bicyclic) bond motifs is 2. The summed E-state index contributed by atoms with van der Waals surface area (Å²) in [6.45, 7) is 7.14. The maximum atomic E-state index is 13.4. The summed E-state index contributed by atoms with van der Waals surface area (Å²) in [5.41, 5.74) is 2.76. The number of carbonyl (C=O) groups excluding carboxylic acids is 4. The third-order valence-electron chi connectivity index (χ3n) is 7.60. The van der Waals surface area contributed by atoms with Crippen molar-refractivity contribution in [3.05, 3.63) is 46.6 Å². The lowest BCUT2D eigenvalue weighted by Gasteiger charge is -2.32. The number of hydrogen-bond acceptors (Lipinski definition) is 8. The first-order chi connectivity index (χ1) is 17.4. The second kappa shape index (κ2) is 10.1. The number of likely N-dealkylation sites (tertiary alicyclic amines) is 2. The molecule has 0 N–H and O–H groups in total. The maximum absolute atomic E-state index is 13.4. The number of piperidine rings is 2. The van der Waals surface area contributed by atoms with Gasteiger partial charge in [-0.3, -0.25) is 39.0 Å². The predicted octanol–water partition coefficient (Wildman–Crippen LogP) is 2.56. The van der Waals surface area contributed by atoms with Gasteiger partial charge in [0.25, 0.3) is 0 Å². The van der Waals surface area contributed by atoms with Crippen LogP contribution in [0, 0.1) is 0 Å². The summed E-state index contributed by atoms with van der Waals surface area (Å²) in [4.78, 5) is 65.3. The molecule has 8 nitrogen and oxygen atoms in total. The van der Waals surface area contributed by atoms with E-state index in [1.165, 1.54) is 0 Å². The van der Waals surface area contributed by atoms with E-state index in [0.29, 0.717) is 59.4 Å². The molecular weight excluding hydrogens is 456 g/mol. The molecule has 2 heterocycles. The van der Waals surface area contributed by atoms with E-state index in [0.717, 1.165) is 39.0 Å². The van der Waals surface area contributed by atoms with Crippen molar-refractivity contribution >= 4 is 34.6 Å². The summed E-state index contributed by atoms with van der Waals surface area (Å²) in [6.07, 6.45) is 9.34. The highest BCUT2D eigenvalue weighted by atomic mass is 16.1. The molecule has 2 atom stereocenters. The zero-order valence-corrected chi connectivity index (χ0v) is 21.0. The van der Waals surface area contributed by atoms with Gasteiger partial charge in [0.1, 0.15) is 0 Å². The van der Waals surface area contributed by atoms with Crippen LogP contribution in [0.4, 0.5) is 0 Å². The van der Waals surface area contributed by atoms with Gasteiger partial charge in [-0.15, -0.1) is 0 Å². The van der Waals surface area contributed by atoms with Crippen LogP contribution in [-0.4, -0.2) is 82.9 Å². The molecule has 5 rings (SSSR count). The molecule has 0 radical (unpaired) electrons. The Hall–Kier alpha value is -3.10. The molecule has 0 aromatic heterocycles. The van der Waals surface area contributed by atoms with Crippen molar-refractivity contribution < 1.29 is 19.2 Å². The van der Waals surface area contributed by atoms with E-state index in [1.807, 2.05) is 23.6 Å². The molecule has 8 heteroatoms. The van der Waals surface area contributed by atoms with Crippen LogP contribution in [0.15, 0.2) is 56.6 Å². The van der Waals surface area contributed by atoms with Gasteiger partial charge in [0.2, 0.25) is 0 Å². The van der Waals surface area contributed by atoms with E-state index < -0.39 is 12.3 Å². The molecular formula is C28H32N4O4. The molecule has 2 saturated heterocycles. The second-order valence-electron chi connectivity index (χ2n) is 9.80. The molecule has 0 aromatic carbocycles. The van der Waals surface area contributed by atoms with Gasteiger partial charge in [0.05, 0.1) is 0 Å². The van der Waals surface area contributed by atoms with Crippen molar-refractivity contribution in [3.63, 3.8) is 0 Å². The molecule has 3 aliphatic carbocycles. The SMILES string of the molecule is CCN1CCCC(=O)C1N=C1C=C2C(=O)C3=CCC(=NC4C(=O)CCCN4CC)C=C3C(=O)C2=CC1. The van der Waals surface area contributed by atoms with Crippen LogP contribution in [0.5, 0.6) is 0 Å². The fourth-order valence-corrected chi connectivity index (χ4v) is 5.62. The van der Waals surface area contributed by atoms with E-state index in [4.69, 9.17) is 9.98 Å². The first-order valence-corrected chi connectivity index (χ1v) is 13.0. The lowest BCUT2D eigenvalue weighted by atomic mass is 9.75. The van der Waals surface area contributed by atoms with Gasteiger partial charge in [0, 0.05) is 72.5 Å². The highest BCUT2D eigenvalue weighted by Crippen LogP contribution is 2.36. The zero-order valence-electron chi connectivity index (χ0n) is 21.0. The molecule has 2 aliphatic heterocycles. The van der Waals surface area contributed by atoms with Crippen LogP contribution in [0.25, 0.3) is 0 Å². The number of allylic oxidation sites excluding steroid dienone is 8. The Morgan fingerprint density at radius 3 is 1.50 bits per heavy atom. The van der Waals surface area contributed by atoms with Gasteiger partial charge < -0.3 is 0 Å². The van der Waals surface area contributed by atoms with Crippen LogP contribution >= 0.6 is 0 Å². The third-order valence-corrected chi connectivity index (χ3v) is 7.60. The van der Waals surface area contributed by atoms with Crippen LogP contribution in [0.3, 0.4) is 0 Å². The van der Waals surface area contributed by atoms with Gasteiger partial charge in [0.15, 0.2) is 35.5 Å². The average Bonchev–Trinajstić information content (AvgIpc) is 2.89. The Labute approximate surface area is 211 Å². The largest absolute Gasteiger partial charge is 0.296 e. The molecule has 5 aliphatic rings. The molecule has 0 amide bonds. The highest BCUT2D eigenvalue weighted by Gasteiger charge is 2.38. The van der Waals surface area contributed by atoms with Gasteiger partial charge in [-0.1, -0.05) is 26.0 Å². The number of nitrogens with zero attached hydrogens (tertiary/aromatic N) is 4. The molecule has 3 fully saturated rings. The summed E-state index contributed by atoms with van der Waals surface area (Å²) in [5.74, 6) is -0.213. The number of likely N-dealkylation sites (N-methyl/N-ethyl adjacent to an activating group) is 2. The topological polar surface area (TPSA) is 99.5 Å². The van der Waals surface area contributed by atoms with E-state index >= 15 is 0 Å². The second-order valence-corrected chi connectivity index (χ2v) is 9.80. The summed E-state index contributed by atoms with van der Waals surface area (Å²) >= 11 is 0. The monoisotopic (exact) mass is 488 g/mol. The Morgan fingerprint density at radius 1 is 0.694 bits per heavy atom. The molecule has 0 aromatic rings. The number of aliphatic imine (C=N–C) groups is 2. The Bertz CT molecular complexity index is 1120. The molecule has 2 unspecified atom stereocenters. The number of carbonyl (C=O) groups is 4. The fourth-order valence-electron chi connectivity index (χ4n) is 5.62. The fraction of sp³-hybridized carbons (Fsp3) is 0.500. The minimum absolute atomic E-state index is 0.0972. The van der Waals surface area contributed by atoms with Crippen molar-refractivity contribution in [2.24, 2.45) is 9.98 Å². The summed E-state index contributed by atoms with van der Waals surface area (Å²) in [5, 5.41) is 0. The minimum atomic E-state index is -0.520. The molecule has 0 spiro atoms. The Balaban J connectivity index is 1.42. The number of hydrogen-bond donors (Lipinski definition) is 0. The van der Waals surface area contributed by atoms with E-state index in [9.17, 15) is 19.2 Å². The van der Waals surface area contributed by atoms with E-state index in [1.54, 1.807) is 24.3 Å². The number of rotatable bonds is 4.